The van der Waals surface area contributed by atoms with Crippen molar-refractivity contribution in [3.8, 4) is 0 Å². The van der Waals surface area contributed by atoms with Crippen LogP contribution in [0.15, 0.2) is 24.3 Å². The highest BCUT2D eigenvalue weighted by atomic mass is 35.5. The lowest BCUT2D eigenvalue weighted by atomic mass is 9.85. The molecule has 2 aliphatic rings. The fraction of sp³-hybridized carbons (Fsp3) is 0.550. The molecule has 1 spiro atoms. The van der Waals surface area contributed by atoms with E-state index < -0.39 is 5.54 Å². The summed E-state index contributed by atoms with van der Waals surface area (Å²) in [5.41, 5.74) is -0.230. The van der Waals surface area contributed by atoms with Crippen LogP contribution in [-0.2, 0) is 4.79 Å². The minimum atomic E-state index is -0.811. The Kier molecular flexibility index (Phi) is 5.47. The number of piperidine rings is 1. The molecule has 7 heteroatoms. The SMILES string of the molecule is CCN1C(=O)N(CC(C)C)C2(CCN(C(=O)c3ccc(Cl)cc3)CC2)C1=O. The number of urea groups is 1. The van der Waals surface area contributed by atoms with Crippen LogP contribution in [0.1, 0.15) is 44.0 Å². The van der Waals surface area contributed by atoms with Crippen LogP contribution in [0.25, 0.3) is 0 Å². The Labute approximate surface area is 165 Å². The summed E-state index contributed by atoms with van der Waals surface area (Å²) in [6, 6.07) is 6.62. The van der Waals surface area contributed by atoms with Crippen molar-refractivity contribution in [3.63, 3.8) is 0 Å². The van der Waals surface area contributed by atoms with Crippen LogP contribution in [0.5, 0.6) is 0 Å². The number of imide groups is 1. The van der Waals surface area contributed by atoms with Gasteiger partial charge in [0.25, 0.3) is 11.8 Å². The summed E-state index contributed by atoms with van der Waals surface area (Å²) in [7, 11) is 0. The Hall–Kier alpha value is -2.08. The molecule has 2 saturated heterocycles. The van der Waals surface area contributed by atoms with Gasteiger partial charge in [-0.1, -0.05) is 25.4 Å². The average Bonchev–Trinajstić information content (AvgIpc) is 2.83. The van der Waals surface area contributed by atoms with Crippen molar-refractivity contribution >= 4 is 29.4 Å². The predicted molar refractivity (Wildman–Crippen MR) is 104 cm³/mol. The van der Waals surface area contributed by atoms with E-state index in [4.69, 9.17) is 11.6 Å². The van der Waals surface area contributed by atoms with Crippen LogP contribution >= 0.6 is 11.6 Å². The fourth-order valence-electron chi connectivity index (χ4n) is 4.02. The molecule has 6 nitrogen and oxygen atoms in total. The van der Waals surface area contributed by atoms with Crippen molar-refractivity contribution in [1.82, 2.24) is 14.7 Å². The maximum atomic E-state index is 13.0. The predicted octanol–water partition coefficient (Wildman–Crippen LogP) is 3.25. The number of likely N-dealkylation sites (N-methyl/N-ethyl adjacent to an activating group) is 1. The van der Waals surface area contributed by atoms with Gasteiger partial charge in [-0.05, 0) is 49.9 Å². The molecule has 0 bridgehead atoms. The van der Waals surface area contributed by atoms with E-state index in [1.807, 2.05) is 20.8 Å². The van der Waals surface area contributed by atoms with Gasteiger partial charge in [-0.25, -0.2) is 4.79 Å². The molecule has 2 heterocycles. The fourth-order valence-corrected chi connectivity index (χ4v) is 4.14. The van der Waals surface area contributed by atoms with Gasteiger partial charge in [0.15, 0.2) is 0 Å². The Bertz CT molecular complexity index is 739. The molecule has 0 aromatic heterocycles. The van der Waals surface area contributed by atoms with E-state index in [0.717, 1.165) is 0 Å². The molecule has 0 aliphatic carbocycles. The average molecular weight is 392 g/mol. The van der Waals surface area contributed by atoms with Gasteiger partial charge in [0.2, 0.25) is 0 Å². The first-order valence-electron chi connectivity index (χ1n) is 9.48. The van der Waals surface area contributed by atoms with Gasteiger partial charge in [0, 0.05) is 36.8 Å². The maximum absolute atomic E-state index is 13.0. The molecule has 3 rings (SSSR count). The molecule has 27 heavy (non-hydrogen) atoms. The summed E-state index contributed by atoms with van der Waals surface area (Å²) in [5.74, 6) is 0.0828. The maximum Gasteiger partial charge on any atom is 0.327 e. The van der Waals surface area contributed by atoms with Crippen LogP contribution in [-0.4, -0.2) is 64.3 Å². The molecule has 0 atom stereocenters. The van der Waals surface area contributed by atoms with E-state index in [2.05, 4.69) is 0 Å². The number of carbonyl (C=O) groups excluding carboxylic acids is 3. The Morgan fingerprint density at radius 1 is 1.15 bits per heavy atom. The molecule has 0 N–H and O–H groups in total. The monoisotopic (exact) mass is 391 g/mol. The van der Waals surface area contributed by atoms with E-state index in [9.17, 15) is 14.4 Å². The minimum absolute atomic E-state index is 0.0685. The number of rotatable bonds is 4. The smallest absolute Gasteiger partial charge is 0.327 e. The van der Waals surface area contributed by atoms with Crippen LogP contribution < -0.4 is 0 Å². The third kappa shape index (κ3) is 3.43. The number of likely N-dealkylation sites (tertiary alicyclic amines) is 1. The molecular formula is C20H26ClN3O3. The quantitative estimate of drug-likeness (QED) is 0.740. The van der Waals surface area contributed by atoms with Gasteiger partial charge in [-0.3, -0.25) is 14.5 Å². The van der Waals surface area contributed by atoms with Crippen LogP contribution in [0.2, 0.25) is 5.02 Å². The lowest BCUT2D eigenvalue weighted by molar-refractivity contribution is -0.135. The number of halogens is 1. The first kappa shape index (κ1) is 19.7. The summed E-state index contributed by atoms with van der Waals surface area (Å²) in [6.45, 7) is 7.73. The molecule has 146 valence electrons. The zero-order valence-electron chi connectivity index (χ0n) is 16.1. The van der Waals surface area contributed by atoms with Gasteiger partial charge < -0.3 is 9.80 Å². The second kappa shape index (κ2) is 7.50. The largest absolute Gasteiger partial charge is 0.338 e. The molecule has 1 aromatic carbocycles. The van der Waals surface area contributed by atoms with Crippen LogP contribution in [0.4, 0.5) is 4.79 Å². The highest BCUT2D eigenvalue weighted by molar-refractivity contribution is 6.30. The van der Waals surface area contributed by atoms with E-state index in [0.29, 0.717) is 49.6 Å². The number of hydrogen-bond acceptors (Lipinski definition) is 3. The minimum Gasteiger partial charge on any atom is -0.338 e. The van der Waals surface area contributed by atoms with Gasteiger partial charge in [-0.15, -0.1) is 0 Å². The summed E-state index contributed by atoms with van der Waals surface area (Å²) < 4.78 is 0. The molecule has 0 unspecified atom stereocenters. The zero-order valence-corrected chi connectivity index (χ0v) is 16.8. The topological polar surface area (TPSA) is 60.9 Å². The van der Waals surface area contributed by atoms with Crippen molar-refractivity contribution < 1.29 is 14.4 Å². The second-order valence-electron chi connectivity index (χ2n) is 7.67. The Morgan fingerprint density at radius 3 is 2.26 bits per heavy atom. The van der Waals surface area contributed by atoms with Crippen molar-refractivity contribution in [2.75, 3.05) is 26.2 Å². The highest BCUT2D eigenvalue weighted by Crippen LogP contribution is 2.38. The number of nitrogens with zero attached hydrogens (tertiary/aromatic N) is 3. The standard InChI is InChI=1S/C20H26ClN3O3/c1-4-23-18(26)20(24(19(23)27)13-14(2)3)9-11-22(12-10-20)17(25)15-5-7-16(21)8-6-15/h5-8,14H,4,9-13H2,1-3H3. The number of carbonyl (C=O) groups is 3. The number of benzene rings is 1. The highest BCUT2D eigenvalue weighted by Gasteiger charge is 2.57. The lowest BCUT2D eigenvalue weighted by Crippen LogP contribution is -2.58. The molecule has 2 aliphatic heterocycles. The van der Waals surface area contributed by atoms with Gasteiger partial charge >= 0.3 is 6.03 Å². The molecule has 1 aromatic rings. The van der Waals surface area contributed by atoms with Gasteiger partial charge in [0.1, 0.15) is 5.54 Å². The first-order chi connectivity index (χ1) is 12.8. The third-order valence-corrected chi connectivity index (χ3v) is 5.71. The van der Waals surface area contributed by atoms with E-state index in [1.165, 1.54) is 4.90 Å². The molecule has 0 radical (unpaired) electrons. The summed E-state index contributed by atoms with van der Waals surface area (Å²) >= 11 is 5.89. The van der Waals surface area contributed by atoms with Crippen molar-refractivity contribution in [2.45, 2.75) is 39.2 Å². The third-order valence-electron chi connectivity index (χ3n) is 5.45. The van der Waals surface area contributed by atoms with E-state index >= 15 is 0 Å². The van der Waals surface area contributed by atoms with E-state index in [-0.39, 0.29) is 23.8 Å². The number of amides is 4. The molecule has 0 saturated carbocycles. The number of hydrogen-bond donors (Lipinski definition) is 0. The van der Waals surface area contributed by atoms with E-state index in [1.54, 1.807) is 34.1 Å². The summed E-state index contributed by atoms with van der Waals surface area (Å²) in [4.78, 5) is 43.4. The van der Waals surface area contributed by atoms with Crippen LogP contribution in [0.3, 0.4) is 0 Å². The van der Waals surface area contributed by atoms with Crippen molar-refractivity contribution in [3.05, 3.63) is 34.9 Å². The summed E-state index contributed by atoms with van der Waals surface area (Å²) in [5, 5.41) is 0.586. The second-order valence-corrected chi connectivity index (χ2v) is 8.10. The molecular weight excluding hydrogens is 366 g/mol. The Morgan fingerprint density at radius 2 is 1.74 bits per heavy atom. The summed E-state index contributed by atoms with van der Waals surface area (Å²) in [6.07, 6.45) is 0.945. The zero-order chi connectivity index (χ0) is 19.8. The first-order valence-corrected chi connectivity index (χ1v) is 9.86. The Balaban J connectivity index is 1.78. The van der Waals surface area contributed by atoms with Gasteiger partial charge in [0.05, 0.1) is 0 Å². The molecule has 4 amide bonds. The van der Waals surface area contributed by atoms with Gasteiger partial charge in [-0.2, -0.15) is 0 Å². The van der Waals surface area contributed by atoms with Crippen molar-refractivity contribution in [2.24, 2.45) is 5.92 Å². The van der Waals surface area contributed by atoms with Crippen molar-refractivity contribution in [1.29, 1.82) is 0 Å². The van der Waals surface area contributed by atoms with Crippen LogP contribution in [0, 0.1) is 5.92 Å². The molecule has 2 fully saturated rings. The normalized spacial score (nSPS) is 19.5. The lowest BCUT2D eigenvalue weighted by Gasteiger charge is -2.42.